The van der Waals surface area contributed by atoms with Crippen molar-refractivity contribution in [2.45, 2.75) is 309 Å². The van der Waals surface area contributed by atoms with Crippen LogP contribution < -0.4 is 0 Å². The zero-order valence-electron chi connectivity index (χ0n) is 42.4. The molecule has 5 nitrogen and oxygen atoms in total. The van der Waals surface area contributed by atoms with Gasteiger partial charge in [0.05, 0.1) is 6.61 Å². The Morgan fingerprint density at radius 1 is 0.365 bits per heavy atom. The van der Waals surface area contributed by atoms with E-state index in [0.29, 0.717) is 12.8 Å². The number of aliphatic hydroxyl groups excluding tert-OH is 1. The number of unbranched alkanes of at least 4 members (excludes halogenated alkanes) is 38. The molecule has 0 radical (unpaired) electrons. The van der Waals surface area contributed by atoms with Gasteiger partial charge >= 0.3 is 11.9 Å². The molecule has 0 fully saturated rings. The van der Waals surface area contributed by atoms with Crippen molar-refractivity contribution < 1.29 is 24.2 Å². The summed E-state index contributed by atoms with van der Waals surface area (Å²) in [6, 6.07) is 0. The Bertz CT molecular complexity index is 1000. The minimum Gasteiger partial charge on any atom is -0.462 e. The average Bonchev–Trinajstić information content (AvgIpc) is 3.29. The number of hydrogen-bond acceptors (Lipinski definition) is 5. The van der Waals surface area contributed by atoms with Crippen LogP contribution in [-0.4, -0.2) is 36.4 Å². The van der Waals surface area contributed by atoms with E-state index in [1.165, 1.54) is 218 Å². The number of esters is 2. The zero-order valence-corrected chi connectivity index (χ0v) is 42.4. The van der Waals surface area contributed by atoms with Crippen LogP contribution >= 0.6 is 0 Å². The standard InChI is InChI=1S/C58H108O5/c1-3-5-7-9-11-13-15-17-19-21-23-25-26-27-28-29-30-31-33-34-36-38-40-42-44-46-48-50-52-57(60)62-55-56(54-59)63-58(61)53-51-49-47-45-43-41-39-37-35-32-24-22-20-18-16-14-12-10-8-6-4-2/h16,18,22,24,35,37,56,59H,3-15,17,19-21,23,25-34,36,38-55H2,1-2H3/b18-16-,24-22-,37-35-. The fourth-order valence-corrected chi connectivity index (χ4v) is 8.45. The molecule has 1 atom stereocenters. The van der Waals surface area contributed by atoms with Gasteiger partial charge in [-0.05, 0) is 51.4 Å². The molecule has 370 valence electrons. The van der Waals surface area contributed by atoms with E-state index in [-0.39, 0.29) is 25.2 Å². The third kappa shape index (κ3) is 52.6. The van der Waals surface area contributed by atoms with E-state index in [0.717, 1.165) is 57.8 Å². The number of aliphatic hydroxyl groups is 1. The topological polar surface area (TPSA) is 72.8 Å². The molecule has 1 unspecified atom stereocenters. The minimum absolute atomic E-state index is 0.0675. The molecule has 0 saturated heterocycles. The second-order valence-electron chi connectivity index (χ2n) is 19.0. The Morgan fingerprint density at radius 3 is 0.952 bits per heavy atom. The Balaban J connectivity index is 3.45. The Kier molecular flexibility index (Phi) is 52.8. The van der Waals surface area contributed by atoms with Crippen molar-refractivity contribution in [3.8, 4) is 0 Å². The highest BCUT2D eigenvalue weighted by molar-refractivity contribution is 5.70. The fraction of sp³-hybridized carbons (Fsp3) is 0.862. The highest BCUT2D eigenvalue weighted by Crippen LogP contribution is 2.17. The van der Waals surface area contributed by atoms with Crippen LogP contribution in [0.5, 0.6) is 0 Å². The van der Waals surface area contributed by atoms with Gasteiger partial charge in [0.1, 0.15) is 6.61 Å². The van der Waals surface area contributed by atoms with Gasteiger partial charge in [0, 0.05) is 12.8 Å². The highest BCUT2D eigenvalue weighted by Gasteiger charge is 2.16. The molecule has 0 amide bonds. The van der Waals surface area contributed by atoms with Gasteiger partial charge in [0.25, 0.3) is 0 Å². The number of hydrogen-bond donors (Lipinski definition) is 1. The molecule has 0 saturated carbocycles. The molecule has 0 aliphatic heterocycles. The molecule has 0 spiro atoms. The van der Waals surface area contributed by atoms with Crippen molar-refractivity contribution in [1.29, 1.82) is 0 Å². The van der Waals surface area contributed by atoms with Gasteiger partial charge in [-0.3, -0.25) is 9.59 Å². The molecule has 1 N–H and O–H groups in total. The summed E-state index contributed by atoms with van der Waals surface area (Å²) in [6.45, 7) is 4.16. The minimum atomic E-state index is -0.777. The number of ether oxygens (including phenoxy) is 2. The van der Waals surface area contributed by atoms with Gasteiger partial charge in [0.2, 0.25) is 0 Å². The third-order valence-corrected chi connectivity index (χ3v) is 12.7. The molecule has 0 heterocycles. The lowest BCUT2D eigenvalue weighted by Gasteiger charge is -2.15. The molecule has 0 bridgehead atoms. The quantitative estimate of drug-likeness (QED) is 0.0374. The number of carbonyl (C=O) groups is 2. The van der Waals surface area contributed by atoms with Crippen LogP contribution in [0.25, 0.3) is 0 Å². The fourth-order valence-electron chi connectivity index (χ4n) is 8.45. The molecule has 0 aromatic heterocycles. The summed E-state index contributed by atoms with van der Waals surface area (Å²) >= 11 is 0. The van der Waals surface area contributed by atoms with Crippen LogP contribution in [0.3, 0.4) is 0 Å². The van der Waals surface area contributed by atoms with E-state index < -0.39 is 6.10 Å². The normalized spacial score (nSPS) is 12.4. The first kappa shape index (κ1) is 61.1. The Hall–Kier alpha value is -1.88. The molecule has 0 rings (SSSR count). The number of rotatable bonds is 52. The third-order valence-electron chi connectivity index (χ3n) is 12.7. The van der Waals surface area contributed by atoms with E-state index >= 15 is 0 Å². The van der Waals surface area contributed by atoms with Crippen LogP contribution in [0.2, 0.25) is 0 Å². The molecule has 63 heavy (non-hydrogen) atoms. The van der Waals surface area contributed by atoms with E-state index in [2.05, 4.69) is 50.3 Å². The summed E-state index contributed by atoms with van der Waals surface area (Å²) in [5.41, 5.74) is 0. The van der Waals surface area contributed by atoms with E-state index in [1.807, 2.05) is 0 Å². The SMILES string of the molecule is CCCCCCC/C=C\C/C=C\C/C=C\CCCCCCCCC(=O)OC(CO)COC(=O)CCCCCCCCCCCCCCCCCCCCCCCCCCCCCC. The first-order valence-corrected chi connectivity index (χ1v) is 28.0. The molecular formula is C58H108O5. The lowest BCUT2D eigenvalue weighted by atomic mass is 10.0. The first-order chi connectivity index (χ1) is 31.1. The molecular weight excluding hydrogens is 777 g/mol. The predicted octanol–water partition coefficient (Wildman–Crippen LogP) is 18.7. The van der Waals surface area contributed by atoms with Crippen LogP contribution in [0.1, 0.15) is 303 Å². The monoisotopic (exact) mass is 885 g/mol. The van der Waals surface area contributed by atoms with Gasteiger partial charge in [0.15, 0.2) is 6.10 Å². The summed E-state index contributed by atoms with van der Waals surface area (Å²) < 4.78 is 10.7. The summed E-state index contributed by atoms with van der Waals surface area (Å²) in [6.07, 6.45) is 69.8. The van der Waals surface area contributed by atoms with Crippen molar-refractivity contribution in [2.75, 3.05) is 13.2 Å². The largest absolute Gasteiger partial charge is 0.462 e. The maximum absolute atomic E-state index is 12.3. The molecule has 0 aliphatic rings. The zero-order chi connectivity index (χ0) is 45.6. The van der Waals surface area contributed by atoms with Crippen molar-refractivity contribution >= 4 is 11.9 Å². The van der Waals surface area contributed by atoms with Crippen LogP contribution in [-0.2, 0) is 19.1 Å². The molecule has 0 aliphatic carbocycles. The molecule has 5 heteroatoms. The summed E-state index contributed by atoms with van der Waals surface area (Å²) in [7, 11) is 0. The van der Waals surface area contributed by atoms with Crippen molar-refractivity contribution in [2.24, 2.45) is 0 Å². The molecule has 0 aromatic rings. The van der Waals surface area contributed by atoms with Crippen molar-refractivity contribution in [3.05, 3.63) is 36.5 Å². The van der Waals surface area contributed by atoms with Gasteiger partial charge < -0.3 is 14.6 Å². The molecule has 0 aromatic carbocycles. The summed E-state index contributed by atoms with van der Waals surface area (Å²) in [5, 5.41) is 9.64. The predicted molar refractivity (Wildman–Crippen MR) is 274 cm³/mol. The number of allylic oxidation sites excluding steroid dienone is 6. The average molecular weight is 885 g/mol. The van der Waals surface area contributed by atoms with Crippen LogP contribution in [0.4, 0.5) is 0 Å². The Labute approximate surface area is 393 Å². The Morgan fingerprint density at radius 2 is 0.635 bits per heavy atom. The van der Waals surface area contributed by atoms with Crippen molar-refractivity contribution in [3.63, 3.8) is 0 Å². The highest BCUT2D eigenvalue weighted by atomic mass is 16.6. The maximum atomic E-state index is 12.3. The summed E-state index contributed by atoms with van der Waals surface area (Å²) in [5.74, 6) is -0.590. The summed E-state index contributed by atoms with van der Waals surface area (Å²) in [4.78, 5) is 24.5. The maximum Gasteiger partial charge on any atom is 0.306 e. The second-order valence-corrected chi connectivity index (χ2v) is 19.0. The van der Waals surface area contributed by atoms with E-state index in [9.17, 15) is 14.7 Å². The lowest BCUT2D eigenvalue weighted by Crippen LogP contribution is -2.28. The second kappa shape index (κ2) is 54.5. The smallest absolute Gasteiger partial charge is 0.306 e. The van der Waals surface area contributed by atoms with E-state index in [1.54, 1.807) is 0 Å². The van der Waals surface area contributed by atoms with Gasteiger partial charge in [-0.25, -0.2) is 0 Å². The first-order valence-electron chi connectivity index (χ1n) is 28.0. The van der Waals surface area contributed by atoms with E-state index in [4.69, 9.17) is 9.47 Å². The van der Waals surface area contributed by atoms with Crippen LogP contribution in [0.15, 0.2) is 36.5 Å². The van der Waals surface area contributed by atoms with Crippen LogP contribution in [0, 0.1) is 0 Å². The van der Waals surface area contributed by atoms with Gasteiger partial charge in [-0.15, -0.1) is 0 Å². The lowest BCUT2D eigenvalue weighted by molar-refractivity contribution is -0.161. The van der Waals surface area contributed by atoms with Gasteiger partial charge in [-0.2, -0.15) is 0 Å². The number of carbonyl (C=O) groups excluding carboxylic acids is 2. The van der Waals surface area contributed by atoms with Crippen molar-refractivity contribution in [1.82, 2.24) is 0 Å². The van der Waals surface area contributed by atoms with Gasteiger partial charge in [-0.1, -0.05) is 275 Å².